The molecule has 1 aromatic rings. The molecule has 0 aromatic heterocycles. The molecule has 0 spiro atoms. The molecule has 0 aliphatic heterocycles. The second-order valence-electron chi connectivity index (χ2n) is 5.30. The maximum absolute atomic E-state index is 12.0. The van der Waals surface area contributed by atoms with Crippen molar-refractivity contribution in [3.8, 4) is 0 Å². The minimum absolute atomic E-state index is 0.0735. The first kappa shape index (κ1) is 17.0. The number of aromatic carboxylic acids is 1. The van der Waals surface area contributed by atoms with Crippen molar-refractivity contribution in [3.63, 3.8) is 0 Å². The first-order valence-electron chi connectivity index (χ1n) is 7.30. The van der Waals surface area contributed by atoms with Crippen molar-refractivity contribution >= 4 is 17.7 Å². The number of carboxylic acids is 1. The van der Waals surface area contributed by atoms with E-state index < -0.39 is 5.97 Å². The van der Waals surface area contributed by atoms with Crippen LogP contribution in [-0.2, 0) is 0 Å². The molecule has 3 N–H and O–H groups in total. The van der Waals surface area contributed by atoms with Crippen molar-refractivity contribution in [3.05, 3.63) is 29.3 Å². The average molecular weight is 292 g/mol. The van der Waals surface area contributed by atoms with E-state index in [-0.39, 0.29) is 17.6 Å². The standard InChI is InChI=1S/C16H24N2O3/c1-5-12(6-2)11(4)17-16(21)18-13-8-7-10(3)14(9-13)15(19)20/h7-9,11-12H,5-6H2,1-4H3,(H,19,20)(H2,17,18,21). The Morgan fingerprint density at radius 2 is 1.86 bits per heavy atom. The van der Waals surface area contributed by atoms with Crippen molar-refractivity contribution in [2.45, 2.75) is 46.6 Å². The van der Waals surface area contributed by atoms with E-state index in [2.05, 4.69) is 24.5 Å². The number of amides is 2. The smallest absolute Gasteiger partial charge is 0.336 e. The van der Waals surface area contributed by atoms with E-state index >= 15 is 0 Å². The summed E-state index contributed by atoms with van der Waals surface area (Å²) in [7, 11) is 0. The van der Waals surface area contributed by atoms with E-state index in [4.69, 9.17) is 5.11 Å². The third-order valence-corrected chi connectivity index (χ3v) is 3.84. The summed E-state index contributed by atoms with van der Waals surface area (Å²) in [5, 5.41) is 14.7. The monoisotopic (exact) mass is 292 g/mol. The second kappa shape index (κ2) is 7.67. The molecule has 116 valence electrons. The second-order valence-corrected chi connectivity index (χ2v) is 5.30. The van der Waals surface area contributed by atoms with Gasteiger partial charge in [0, 0.05) is 11.7 Å². The van der Waals surface area contributed by atoms with Crippen LogP contribution in [0, 0.1) is 12.8 Å². The molecule has 0 aliphatic rings. The largest absolute Gasteiger partial charge is 0.478 e. The molecule has 1 aromatic carbocycles. The number of nitrogens with one attached hydrogen (secondary N) is 2. The van der Waals surface area contributed by atoms with Gasteiger partial charge in [-0.1, -0.05) is 32.8 Å². The van der Waals surface area contributed by atoms with Crippen LogP contribution in [0.1, 0.15) is 49.5 Å². The van der Waals surface area contributed by atoms with Gasteiger partial charge >= 0.3 is 12.0 Å². The number of urea groups is 1. The number of hydrogen-bond donors (Lipinski definition) is 3. The summed E-state index contributed by atoms with van der Waals surface area (Å²) in [6, 6.07) is 4.62. The fraction of sp³-hybridized carbons (Fsp3) is 0.500. The van der Waals surface area contributed by atoms with Crippen LogP contribution in [0.25, 0.3) is 0 Å². The summed E-state index contributed by atoms with van der Waals surface area (Å²) in [5.74, 6) is -0.565. The van der Waals surface area contributed by atoms with Crippen LogP contribution in [0.2, 0.25) is 0 Å². The van der Waals surface area contributed by atoms with Crippen LogP contribution in [-0.4, -0.2) is 23.1 Å². The maximum Gasteiger partial charge on any atom is 0.336 e. The summed E-state index contributed by atoms with van der Waals surface area (Å²) < 4.78 is 0. The zero-order valence-electron chi connectivity index (χ0n) is 13.1. The Morgan fingerprint density at radius 1 is 1.24 bits per heavy atom. The van der Waals surface area contributed by atoms with Gasteiger partial charge in [0.1, 0.15) is 0 Å². The SMILES string of the molecule is CCC(CC)C(C)NC(=O)Nc1ccc(C)c(C(=O)O)c1. The van der Waals surface area contributed by atoms with E-state index in [1.807, 2.05) is 6.92 Å². The van der Waals surface area contributed by atoms with E-state index in [1.165, 1.54) is 6.07 Å². The van der Waals surface area contributed by atoms with Gasteiger partial charge in [-0.2, -0.15) is 0 Å². The topological polar surface area (TPSA) is 78.4 Å². The van der Waals surface area contributed by atoms with Gasteiger partial charge in [-0.25, -0.2) is 9.59 Å². The number of aryl methyl sites for hydroxylation is 1. The summed E-state index contributed by atoms with van der Waals surface area (Å²) >= 11 is 0. The molecule has 1 unspecified atom stereocenters. The lowest BCUT2D eigenvalue weighted by atomic mass is 9.96. The van der Waals surface area contributed by atoms with Crippen LogP contribution in [0.4, 0.5) is 10.5 Å². The van der Waals surface area contributed by atoms with E-state index in [1.54, 1.807) is 19.1 Å². The highest BCUT2D eigenvalue weighted by Crippen LogP contribution is 2.16. The van der Waals surface area contributed by atoms with Crippen LogP contribution < -0.4 is 10.6 Å². The number of hydrogen-bond acceptors (Lipinski definition) is 2. The molecule has 0 fully saturated rings. The zero-order valence-corrected chi connectivity index (χ0v) is 13.1. The Hall–Kier alpha value is -2.04. The van der Waals surface area contributed by atoms with Gasteiger partial charge < -0.3 is 15.7 Å². The molecule has 5 heteroatoms. The molecule has 0 radical (unpaired) electrons. The lowest BCUT2D eigenvalue weighted by molar-refractivity contribution is 0.0696. The average Bonchev–Trinajstić information content (AvgIpc) is 2.41. The molecular formula is C16H24N2O3. The third-order valence-electron chi connectivity index (χ3n) is 3.84. The Kier molecular flexibility index (Phi) is 6.21. The summed E-state index contributed by atoms with van der Waals surface area (Å²) in [5.41, 5.74) is 1.34. The lowest BCUT2D eigenvalue weighted by Crippen LogP contribution is -2.40. The third kappa shape index (κ3) is 4.77. The van der Waals surface area contributed by atoms with Crippen LogP contribution in [0.15, 0.2) is 18.2 Å². The number of carboxylic acid groups (broad SMARTS) is 1. The van der Waals surface area contributed by atoms with Crippen molar-refractivity contribution in [1.29, 1.82) is 0 Å². The Morgan fingerprint density at radius 3 is 2.38 bits per heavy atom. The first-order chi connectivity index (χ1) is 9.88. The molecule has 0 aliphatic carbocycles. The molecule has 21 heavy (non-hydrogen) atoms. The molecule has 2 amide bonds. The molecule has 5 nitrogen and oxygen atoms in total. The zero-order chi connectivity index (χ0) is 16.0. The van der Waals surface area contributed by atoms with Gasteiger partial charge in [0.2, 0.25) is 0 Å². The molecule has 1 rings (SSSR count). The fourth-order valence-electron chi connectivity index (χ4n) is 2.42. The van der Waals surface area contributed by atoms with Gasteiger partial charge in [-0.05, 0) is 37.5 Å². The van der Waals surface area contributed by atoms with E-state index in [9.17, 15) is 9.59 Å². The summed E-state index contributed by atoms with van der Waals surface area (Å²) in [4.78, 5) is 23.0. The number of rotatable bonds is 6. The molecule has 0 heterocycles. The van der Waals surface area contributed by atoms with Gasteiger partial charge in [-0.15, -0.1) is 0 Å². The molecule has 1 atom stereocenters. The van der Waals surface area contributed by atoms with Crippen molar-refractivity contribution < 1.29 is 14.7 Å². The Labute approximate surface area is 125 Å². The van der Waals surface area contributed by atoms with Gasteiger partial charge in [-0.3, -0.25) is 0 Å². The molecule has 0 saturated heterocycles. The van der Waals surface area contributed by atoms with E-state index in [0.29, 0.717) is 17.2 Å². The number of carbonyl (C=O) groups excluding carboxylic acids is 1. The predicted octanol–water partition coefficient (Wildman–Crippen LogP) is 3.64. The molecule has 0 saturated carbocycles. The van der Waals surface area contributed by atoms with Crippen LogP contribution >= 0.6 is 0 Å². The summed E-state index contributed by atoms with van der Waals surface area (Å²) in [6.45, 7) is 7.91. The normalized spacial score (nSPS) is 12.0. The van der Waals surface area contributed by atoms with E-state index in [0.717, 1.165) is 12.8 Å². The van der Waals surface area contributed by atoms with Crippen LogP contribution in [0.3, 0.4) is 0 Å². The minimum Gasteiger partial charge on any atom is -0.478 e. The van der Waals surface area contributed by atoms with Gasteiger partial charge in [0.05, 0.1) is 5.56 Å². The minimum atomic E-state index is -0.998. The highest BCUT2D eigenvalue weighted by Gasteiger charge is 2.16. The number of carbonyl (C=O) groups is 2. The fourth-order valence-corrected chi connectivity index (χ4v) is 2.42. The van der Waals surface area contributed by atoms with Crippen LogP contribution in [0.5, 0.6) is 0 Å². The van der Waals surface area contributed by atoms with Crippen molar-refractivity contribution in [2.24, 2.45) is 5.92 Å². The number of benzene rings is 1. The molecule has 0 bridgehead atoms. The lowest BCUT2D eigenvalue weighted by Gasteiger charge is -2.22. The first-order valence-corrected chi connectivity index (χ1v) is 7.30. The Balaban J connectivity index is 2.71. The highest BCUT2D eigenvalue weighted by molar-refractivity contribution is 5.94. The van der Waals surface area contributed by atoms with Gasteiger partial charge in [0.15, 0.2) is 0 Å². The molecular weight excluding hydrogens is 268 g/mol. The van der Waals surface area contributed by atoms with Gasteiger partial charge in [0.25, 0.3) is 0 Å². The van der Waals surface area contributed by atoms with Crippen molar-refractivity contribution in [2.75, 3.05) is 5.32 Å². The quantitative estimate of drug-likeness (QED) is 0.749. The van der Waals surface area contributed by atoms with Crippen molar-refractivity contribution in [1.82, 2.24) is 5.32 Å². The number of anilines is 1. The summed E-state index contributed by atoms with van der Waals surface area (Å²) in [6.07, 6.45) is 2.01. The Bertz CT molecular complexity index is 510. The highest BCUT2D eigenvalue weighted by atomic mass is 16.4. The predicted molar refractivity (Wildman–Crippen MR) is 83.8 cm³/mol. The maximum atomic E-state index is 12.0.